The standard InChI is InChI=1S/C8H13Br/c1-8(2)5-3-4-7(9)6-8/h3-4,7H,5-6H2,1-2H3. The van der Waals surface area contributed by atoms with E-state index in [1.807, 2.05) is 0 Å². The van der Waals surface area contributed by atoms with Gasteiger partial charge in [0.1, 0.15) is 0 Å². The van der Waals surface area contributed by atoms with Crippen molar-refractivity contribution in [2.24, 2.45) is 5.41 Å². The van der Waals surface area contributed by atoms with Crippen LogP contribution in [0.1, 0.15) is 26.7 Å². The van der Waals surface area contributed by atoms with Crippen LogP contribution in [-0.4, -0.2) is 4.83 Å². The van der Waals surface area contributed by atoms with Gasteiger partial charge in [0.15, 0.2) is 0 Å². The van der Waals surface area contributed by atoms with E-state index in [0.717, 1.165) is 0 Å². The molecule has 0 saturated heterocycles. The molecule has 0 fully saturated rings. The maximum atomic E-state index is 3.58. The Morgan fingerprint density at radius 2 is 2.22 bits per heavy atom. The molecule has 0 spiro atoms. The first kappa shape index (κ1) is 7.33. The number of hydrogen-bond acceptors (Lipinski definition) is 0. The Kier molecular flexibility index (Phi) is 2.00. The molecule has 0 heterocycles. The minimum atomic E-state index is 0.517. The summed E-state index contributed by atoms with van der Waals surface area (Å²) in [5.74, 6) is 0. The summed E-state index contributed by atoms with van der Waals surface area (Å²) in [6.45, 7) is 4.62. The van der Waals surface area contributed by atoms with Gasteiger partial charge in [-0.25, -0.2) is 0 Å². The van der Waals surface area contributed by atoms with Gasteiger partial charge in [-0.1, -0.05) is 41.9 Å². The van der Waals surface area contributed by atoms with Crippen LogP contribution in [0.5, 0.6) is 0 Å². The van der Waals surface area contributed by atoms with E-state index in [9.17, 15) is 0 Å². The lowest BCUT2D eigenvalue weighted by Crippen LogP contribution is -2.18. The van der Waals surface area contributed by atoms with E-state index in [0.29, 0.717) is 10.2 Å². The van der Waals surface area contributed by atoms with Gasteiger partial charge < -0.3 is 0 Å². The second kappa shape index (κ2) is 2.45. The lowest BCUT2D eigenvalue weighted by Gasteiger charge is -2.28. The highest BCUT2D eigenvalue weighted by atomic mass is 79.9. The predicted molar refractivity (Wildman–Crippen MR) is 44.9 cm³/mol. The van der Waals surface area contributed by atoms with Gasteiger partial charge in [0.05, 0.1) is 0 Å². The van der Waals surface area contributed by atoms with Crippen molar-refractivity contribution in [3.63, 3.8) is 0 Å². The molecule has 0 nitrogen and oxygen atoms in total. The van der Waals surface area contributed by atoms with Crippen LogP contribution in [0.2, 0.25) is 0 Å². The van der Waals surface area contributed by atoms with Crippen molar-refractivity contribution in [3.8, 4) is 0 Å². The van der Waals surface area contributed by atoms with E-state index < -0.39 is 0 Å². The Morgan fingerprint density at radius 3 is 2.56 bits per heavy atom. The Balaban J connectivity index is 2.58. The minimum absolute atomic E-state index is 0.517. The van der Waals surface area contributed by atoms with Crippen LogP contribution in [0.4, 0.5) is 0 Å². The fourth-order valence-electron chi connectivity index (χ4n) is 1.21. The third kappa shape index (κ3) is 2.13. The molecule has 0 radical (unpaired) electrons. The first-order valence-corrected chi connectivity index (χ1v) is 4.32. The summed E-state index contributed by atoms with van der Waals surface area (Å²) in [5, 5.41) is 0. The highest BCUT2D eigenvalue weighted by Gasteiger charge is 2.22. The summed E-state index contributed by atoms with van der Waals surface area (Å²) in [5.41, 5.74) is 0.517. The van der Waals surface area contributed by atoms with Gasteiger partial charge in [-0.05, 0) is 18.3 Å². The second-order valence-electron chi connectivity index (χ2n) is 3.52. The molecule has 1 atom stereocenters. The van der Waals surface area contributed by atoms with Crippen LogP contribution < -0.4 is 0 Å². The Hall–Kier alpha value is 0.220. The molecular weight excluding hydrogens is 176 g/mol. The molecule has 1 rings (SSSR count). The topological polar surface area (TPSA) is 0 Å². The second-order valence-corrected chi connectivity index (χ2v) is 4.69. The first-order valence-electron chi connectivity index (χ1n) is 3.41. The maximum Gasteiger partial charge on any atom is 0.0330 e. The number of hydrogen-bond donors (Lipinski definition) is 0. The highest BCUT2D eigenvalue weighted by Crippen LogP contribution is 2.33. The summed E-state index contributed by atoms with van der Waals surface area (Å²) >= 11 is 3.58. The normalized spacial score (nSPS) is 32.6. The SMILES string of the molecule is CC1(C)CC=CC(Br)C1. The Bertz CT molecular complexity index is 125. The zero-order valence-corrected chi connectivity index (χ0v) is 7.61. The molecule has 0 aromatic rings. The molecule has 0 N–H and O–H groups in total. The highest BCUT2D eigenvalue weighted by molar-refractivity contribution is 9.09. The minimum Gasteiger partial charge on any atom is -0.0869 e. The molecular formula is C8H13Br. The lowest BCUT2D eigenvalue weighted by molar-refractivity contribution is 0.337. The fraction of sp³-hybridized carbons (Fsp3) is 0.750. The lowest BCUT2D eigenvalue weighted by atomic mass is 9.81. The van der Waals surface area contributed by atoms with E-state index in [1.165, 1.54) is 12.8 Å². The quantitative estimate of drug-likeness (QED) is 0.405. The van der Waals surface area contributed by atoms with Crippen LogP contribution >= 0.6 is 15.9 Å². The van der Waals surface area contributed by atoms with Crippen molar-refractivity contribution in [1.29, 1.82) is 0 Å². The van der Waals surface area contributed by atoms with E-state index in [-0.39, 0.29) is 0 Å². The molecule has 0 saturated carbocycles. The van der Waals surface area contributed by atoms with E-state index >= 15 is 0 Å². The van der Waals surface area contributed by atoms with Gasteiger partial charge in [-0.15, -0.1) is 0 Å². The molecule has 1 aliphatic carbocycles. The summed E-state index contributed by atoms with van der Waals surface area (Å²) < 4.78 is 0. The third-order valence-electron chi connectivity index (χ3n) is 1.76. The molecule has 0 amide bonds. The number of rotatable bonds is 0. The Labute approximate surface area is 65.5 Å². The average Bonchev–Trinajstić information content (AvgIpc) is 1.60. The van der Waals surface area contributed by atoms with Crippen molar-refractivity contribution >= 4 is 15.9 Å². The third-order valence-corrected chi connectivity index (χ3v) is 2.39. The van der Waals surface area contributed by atoms with Crippen molar-refractivity contribution in [2.75, 3.05) is 0 Å². The van der Waals surface area contributed by atoms with Gasteiger partial charge in [-0.3, -0.25) is 0 Å². The van der Waals surface area contributed by atoms with Crippen LogP contribution in [-0.2, 0) is 0 Å². The molecule has 1 aliphatic rings. The van der Waals surface area contributed by atoms with Crippen LogP contribution in [0.3, 0.4) is 0 Å². The van der Waals surface area contributed by atoms with Crippen LogP contribution in [0.25, 0.3) is 0 Å². The van der Waals surface area contributed by atoms with Crippen LogP contribution in [0.15, 0.2) is 12.2 Å². The van der Waals surface area contributed by atoms with Gasteiger partial charge in [0.25, 0.3) is 0 Å². The van der Waals surface area contributed by atoms with E-state index in [2.05, 4.69) is 41.9 Å². The van der Waals surface area contributed by atoms with Crippen molar-refractivity contribution < 1.29 is 0 Å². The van der Waals surface area contributed by atoms with Crippen LogP contribution in [0, 0.1) is 5.41 Å². The molecule has 1 heteroatoms. The van der Waals surface area contributed by atoms with E-state index in [1.54, 1.807) is 0 Å². The molecule has 0 aromatic carbocycles. The molecule has 0 aliphatic heterocycles. The average molecular weight is 189 g/mol. The van der Waals surface area contributed by atoms with Gasteiger partial charge in [0, 0.05) is 4.83 Å². The van der Waals surface area contributed by atoms with Crippen molar-refractivity contribution in [3.05, 3.63) is 12.2 Å². The largest absolute Gasteiger partial charge is 0.0869 e. The van der Waals surface area contributed by atoms with Gasteiger partial charge >= 0.3 is 0 Å². The zero-order valence-electron chi connectivity index (χ0n) is 6.02. The maximum absolute atomic E-state index is 3.58. The summed E-state index contributed by atoms with van der Waals surface area (Å²) in [6.07, 6.45) is 7.01. The smallest absolute Gasteiger partial charge is 0.0330 e. The number of halogens is 1. The monoisotopic (exact) mass is 188 g/mol. The van der Waals surface area contributed by atoms with Gasteiger partial charge in [-0.2, -0.15) is 0 Å². The zero-order chi connectivity index (χ0) is 6.91. The van der Waals surface area contributed by atoms with Crippen molar-refractivity contribution in [1.82, 2.24) is 0 Å². The number of alkyl halides is 1. The predicted octanol–water partition coefficient (Wildman–Crippen LogP) is 3.13. The summed E-state index contributed by atoms with van der Waals surface area (Å²) in [4.78, 5) is 0.612. The summed E-state index contributed by atoms with van der Waals surface area (Å²) in [6, 6.07) is 0. The Morgan fingerprint density at radius 1 is 1.56 bits per heavy atom. The first-order chi connectivity index (χ1) is 4.10. The molecule has 1 unspecified atom stereocenters. The molecule has 0 aromatic heterocycles. The number of allylic oxidation sites excluding steroid dienone is 2. The van der Waals surface area contributed by atoms with Crippen molar-refractivity contribution in [2.45, 2.75) is 31.5 Å². The van der Waals surface area contributed by atoms with E-state index in [4.69, 9.17) is 0 Å². The molecule has 52 valence electrons. The van der Waals surface area contributed by atoms with Gasteiger partial charge in [0.2, 0.25) is 0 Å². The fourth-order valence-corrected chi connectivity index (χ4v) is 2.31. The molecule has 9 heavy (non-hydrogen) atoms. The molecule has 0 bridgehead atoms. The summed E-state index contributed by atoms with van der Waals surface area (Å²) in [7, 11) is 0.